The number of hydrogen-bond acceptors (Lipinski definition) is 0. The second-order valence-corrected chi connectivity index (χ2v) is 35.6. The van der Waals surface area contributed by atoms with Crippen molar-refractivity contribution in [2.75, 3.05) is 0 Å². The maximum absolute atomic E-state index is 2.43. The summed E-state index contributed by atoms with van der Waals surface area (Å²) in [5.74, 6) is 21.2. The van der Waals surface area contributed by atoms with Crippen LogP contribution in [0, 0.1) is 124 Å². The molecule has 6 unspecified atom stereocenters. The predicted octanol–water partition coefficient (Wildman–Crippen LogP) is 29.5. The molecule has 0 aromatic rings. The molecular weight excluding hydrogens is 1010 g/mol. The van der Waals surface area contributed by atoms with Crippen LogP contribution < -0.4 is 0 Å². The second-order valence-electron chi connectivity index (χ2n) is 35.6. The monoisotopic (exact) mass is 1180 g/mol. The van der Waals surface area contributed by atoms with Crippen LogP contribution in [0.4, 0.5) is 0 Å². The summed E-state index contributed by atoms with van der Waals surface area (Å²) in [6.07, 6.45) is 66.0. The summed E-state index contributed by atoms with van der Waals surface area (Å²) in [5.41, 5.74) is 0. The number of hydrogen-bond donors (Lipinski definition) is 0. The van der Waals surface area contributed by atoms with E-state index < -0.39 is 0 Å². The lowest BCUT2D eigenvalue weighted by molar-refractivity contribution is 0.213. The first kappa shape index (κ1) is 80.1. The Balaban J connectivity index is 0.000000328. The van der Waals surface area contributed by atoms with Gasteiger partial charge in [0.2, 0.25) is 0 Å². The van der Waals surface area contributed by atoms with Gasteiger partial charge in [0.25, 0.3) is 0 Å². The minimum absolute atomic E-state index is 0.887. The van der Waals surface area contributed by atoms with Crippen LogP contribution in [0.15, 0.2) is 0 Å². The fourth-order valence-electron chi connectivity index (χ4n) is 18.3. The third kappa shape index (κ3) is 42.1. The smallest absolute Gasteiger partial charge is 0.0381 e. The van der Waals surface area contributed by atoms with Crippen molar-refractivity contribution in [3.8, 4) is 0 Å². The Labute approximate surface area is 535 Å². The van der Waals surface area contributed by atoms with Crippen molar-refractivity contribution in [1.29, 1.82) is 0 Å². The van der Waals surface area contributed by atoms with Gasteiger partial charge in [0, 0.05) is 0 Å². The minimum Gasteiger partial charge on any atom is -0.0628 e. The third-order valence-electron chi connectivity index (χ3n) is 23.1. The van der Waals surface area contributed by atoms with Crippen LogP contribution in [0.5, 0.6) is 0 Å². The van der Waals surface area contributed by atoms with Crippen LogP contribution in [0.3, 0.4) is 0 Å². The van der Waals surface area contributed by atoms with E-state index in [0.717, 1.165) is 124 Å². The summed E-state index contributed by atoms with van der Waals surface area (Å²) in [6, 6.07) is 0. The van der Waals surface area contributed by atoms with E-state index in [1.165, 1.54) is 257 Å². The van der Waals surface area contributed by atoms with E-state index in [0.29, 0.717) is 0 Å². The highest BCUT2D eigenvalue weighted by molar-refractivity contribution is 4.90. The van der Waals surface area contributed by atoms with Crippen LogP contribution in [0.1, 0.15) is 414 Å². The van der Waals surface area contributed by atoms with Crippen molar-refractivity contribution >= 4 is 0 Å². The van der Waals surface area contributed by atoms with Crippen molar-refractivity contribution < 1.29 is 0 Å². The van der Waals surface area contributed by atoms with Gasteiger partial charge in [-0.2, -0.15) is 0 Å². The molecule has 0 amide bonds. The topological polar surface area (TPSA) is 0 Å². The molecule has 0 aliphatic heterocycles. The summed E-state index contributed by atoms with van der Waals surface area (Å²) >= 11 is 0. The quantitative estimate of drug-likeness (QED) is 0.127. The van der Waals surface area contributed by atoms with Gasteiger partial charge in [-0.05, 0) is 188 Å². The molecule has 0 saturated heterocycles. The van der Waals surface area contributed by atoms with Crippen molar-refractivity contribution in [3.05, 3.63) is 0 Å². The molecule has 0 radical (unpaired) electrons. The first-order chi connectivity index (χ1) is 40.0. The van der Waals surface area contributed by atoms with E-state index in [-0.39, 0.29) is 0 Å². The molecule has 0 spiro atoms. The van der Waals surface area contributed by atoms with Gasteiger partial charge >= 0.3 is 0 Å². The maximum Gasteiger partial charge on any atom is -0.0381 e. The molecule has 9 aliphatic carbocycles. The fraction of sp³-hybridized carbons (Fsp3) is 1.00. The van der Waals surface area contributed by atoms with Gasteiger partial charge in [-0.1, -0.05) is 350 Å². The molecular formula is C84H166. The van der Waals surface area contributed by atoms with Crippen molar-refractivity contribution in [2.45, 2.75) is 414 Å². The number of fused-ring (bicyclic) bond motifs is 2. The molecule has 0 aromatic carbocycles. The summed E-state index contributed by atoms with van der Waals surface area (Å²) < 4.78 is 0. The van der Waals surface area contributed by atoms with E-state index >= 15 is 0 Å². The Morgan fingerprint density at radius 3 is 0.976 bits per heavy atom. The fourth-order valence-corrected chi connectivity index (χ4v) is 18.3. The van der Waals surface area contributed by atoms with E-state index in [1.807, 2.05) is 0 Å². The van der Waals surface area contributed by atoms with Gasteiger partial charge in [-0.15, -0.1) is 0 Å². The van der Waals surface area contributed by atoms with E-state index in [2.05, 4.69) is 132 Å². The van der Waals surface area contributed by atoms with E-state index in [4.69, 9.17) is 0 Å². The predicted molar refractivity (Wildman–Crippen MR) is 384 cm³/mol. The van der Waals surface area contributed by atoms with Crippen molar-refractivity contribution in [1.82, 2.24) is 0 Å². The van der Waals surface area contributed by atoms with Crippen LogP contribution in [-0.2, 0) is 0 Å². The zero-order chi connectivity index (χ0) is 62.2. The standard InChI is InChI=1S/C11H20.4C11H22.2C10H20.C9H18/c1-8(2)5-11-7-9-3-4-10(11)6-9;1-9(2)8-11-6-4-10(3)5-7-11;1-9(2)7-11-6-4-5-10(3)8-11;1-9(2)10(3)11-7-5-4-6-8-11;1-10(2)9-11-7-5-3-4-6-8-11;1-9(2)7-8-10-5-3-4-6-10;1-9(2)8-10-6-4-3-5-7-10;1-8(2)7-9-5-3-4-6-9/h8-11H,3-7H2,1-2H3;3*9-11H,4-8H2,1-3H3;10-11H,3-9H2,1-2H3;2*9-10H,3-8H2,1-2H3;8-9H,3-7H2,1-2H3. The molecule has 0 aromatic heterocycles. The Hall–Kier alpha value is 0. The van der Waals surface area contributed by atoms with Gasteiger partial charge in [-0.3, -0.25) is 0 Å². The summed E-state index contributed by atoms with van der Waals surface area (Å²) in [6.45, 7) is 44.8. The number of rotatable bonds is 17. The molecule has 9 saturated carbocycles. The Morgan fingerprint density at radius 2 is 0.619 bits per heavy atom. The van der Waals surface area contributed by atoms with Gasteiger partial charge in [0.15, 0.2) is 0 Å². The molecule has 0 heterocycles. The maximum atomic E-state index is 2.43. The highest BCUT2D eigenvalue weighted by atomic mass is 14.4. The SMILES string of the molecule is CC(C)C(C)C1CCCCC1.CC(C)CC1CC2CCC1C2.CC(C)CC1CCC(C)CC1.CC(C)CC1CCCC(C)C1.CC(C)CC1CCCC1.CC(C)CC1CCCCC1.CC(C)CC1CCCCCC1.CC(C)CCC1CCCC1. The van der Waals surface area contributed by atoms with Gasteiger partial charge in [-0.25, -0.2) is 0 Å². The van der Waals surface area contributed by atoms with E-state index in [1.54, 1.807) is 25.7 Å². The average molecular weight is 1180 g/mol. The lowest BCUT2D eigenvalue weighted by Gasteiger charge is -2.30. The van der Waals surface area contributed by atoms with Gasteiger partial charge in [0.05, 0.1) is 0 Å². The lowest BCUT2D eigenvalue weighted by Crippen LogP contribution is -2.19. The summed E-state index contributed by atoms with van der Waals surface area (Å²) in [7, 11) is 0. The van der Waals surface area contributed by atoms with Crippen molar-refractivity contribution in [3.63, 3.8) is 0 Å². The molecule has 84 heavy (non-hydrogen) atoms. The molecule has 0 N–H and O–H groups in total. The zero-order valence-corrected chi connectivity index (χ0v) is 62.2. The van der Waals surface area contributed by atoms with Crippen LogP contribution in [-0.4, -0.2) is 0 Å². The van der Waals surface area contributed by atoms with Gasteiger partial charge in [0.1, 0.15) is 0 Å². The molecule has 9 rings (SSSR count). The summed E-state index contributed by atoms with van der Waals surface area (Å²) in [5, 5.41) is 0. The lowest BCUT2D eigenvalue weighted by atomic mass is 9.76. The molecule has 0 nitrogen and oxygen atoms in total. The largest absolute Gasteiger partial charge is 0.0628 e. The molecule has 9 aliphatic rings. The van der Waals surface area contributed by atoms with Crippen LogP contribution in [0.2, 0.25) is 0 Å². The average Bonchev–Trinajstić information content (AvgIpc) is 4.48. The highest BCUT2D eigenvalue weighted by Crippen LogP contribution is 2.50. The van der Waals surface area contributed by atoms with Crippen molar-refractivity contribution in [2.24, 2.45) is 124 Å². The zero-order valence-electron chi connectivity index (χ0n) is 62.2. The summed E-state index contributed by atoms with van der Waals surface area (Å²) in [4.78, 5) is 0. The molecule has 502 valence electrons. The first-order valence-corrected chi connectivity index (χ1v) is 40.0. The molecule has 2 bridgehead atoms. The highest BCUT2D eigenvalue weighted by Gasteiger charge is 2.39. The molecule has 9 fully saturated rings. The second kappa shape index (κ2) is 48.7. The molecule has 0 heteroatoms. The Morgan fingerprint density at radius 1 is 0.262 bits per heavy atom. The first-order valence-electron chi connectivity index (χ1n) is 40.0. The Kier molecular flexibility index (Phi) is 46.5. The minimum atomic E-state index is 0.887. The van der Waals surface area contributed by atoms with Gasteiger partial charge < -0.3 is 0 Å². The van der Waals surface area contributed by atoms with E-state index in [9.17, 15) is 0 Å². The van der Waals surface area contributed by atoms with Crippen LogP contribution in [0.25, 0.3) is 0 Å². The van der Waals surface area contributed by atoms with Crippen LogP contribution >= 0.6 is 0 Å². The third-order valence-corrected chi connectivity index (χ3v) is 23.1. The molecule has 6 atom stereocenters. The Bertz CT molecular complexity index is 1380. The normalized spacial score (nSPS) is 27.5.